The highest BCUT2D eigenvalue weighted by molar-refractivity contribution is 7.89. The second kappa shape index (κ2) is 11.9. The first-order valence-corrected chi connectivity index (χ1v) is 13.3. The predicted molar refractivity (Wildman–Crippen MR) is 122 cm³/mol. The summed E-state index contributed by atoms with van der Waals surface area (Å²) in [5.41, 5.74) is 1.12. The topological polar surface area (TPSA) is 142 Å². The maximum absolute atomic E-state index is 12.7. The number of carbonyl (C=O) groups is 1. The average Bonchev–Trinajstić information content (AvgIpc) is 2.78. The zero-order valence-corrected chi connectivity index (χ0v) is 20.1. The fraction of sp³-hybridized carbons (Fsp3) is 0.364. The molecule has 2 rings (SSSR count). The number of rotatable bonds is 12. The Labute approximate surface area is 194 Å². The molecule has 2 N–H and O–H groups in total. The Bertz CT molecular complexity index is 1200. The highest BCUT2D eigenvalue weighted by atomic mass is 32.2. The largest absolute Gasteiger partial charge is 0.465 e. The summed E-state index contributed by atoms with van der Waals surface area (Å²) in [6, 6.07) is 12.6. The first-order chi connectivity index (χ1) is 15.6. The van der Waals surface area contributed by atoms with Crippen LogP contribution in [0.25, 0.3) is 0 Å². The molecule has 0 heterocycles. The Morgan fingerprint density at radius 2 is 1.73 bits per heavy atom. The lowest BCUT2D eigenvalue weighted by molar-refractivity contribution is -0.145. The Kier molecular flexibility index (Phi) is 9.55. The van der Waals surface area contributed by atoms with Crippen LogP contribution in [0.15, 0.2) is 58.3 Å². The molecule has 0 fully saturated rings. The summed E-state index contributed by atoms with van der Waals surface area (Å²) in [6.45, 7) is 3.68. The monoisotopic (exact) mass is 493 g/mol. The number of hydrogen-bond acceptors (Lipinski definition) is 7. The minimum absolute atomic E-state index is 0.0807. The Hall–Kier alpha value is -2.78. The molecule has 0 spiro atoms. The molecule has 11 heteroatoms. The molecule has 178 valence electrons. The number of nitrogens with zero attached hydrogens (tertiary/aromatic N) is 1. The molecule has 9 nitrogen and oxygen atoms in total. The maximum atomic E-state index is 12.7. The lowest BCUT2D eigenvalue weighted by Crippen LogP contribution is -2.42. The van der Waals surface area contributed by atoms with Gasteiger partial charge in [-0.3, -0.25) is 4.79 Å². The molecule has 0 radical (unpaired) electrons. The molecule has 2 aromatic rings. The van der Waals surface area contributed by atoms with Crippen molar-refractivity contribution in [2.24, 2.45) is 0 Å². The van der Waals surface area contributed by atoms with Gasteiger partial charge in [0, 0.05) is 6.54 Å². The molecule has 0 amide bonds. The van der Waals surface area contributed by atoms with E-state index in [1.54, 1.807) is 19.1 Å². The van der Waals surface area contributed by atoms with E-state index in [1.165, 1.54) is 36.4 Å². The van der Waals surface area contributed by atoms with Crippen LogP contribution in [0.2, 0.25) is 0 Å². The van der Waals surface area contributed by atoms with Crippen molar-refractivity contribution in [2.45, 2.75) is 48.9 Å². The molecule has 2 aromatic carbocycles. The number of unbranched alkanes of at least 4 members (excludes halogenated alkanes) is 1. The van der Waals surface area contributed by atoms with Crippen LogP contribution in [-0.4, -0.2) is 42.0 Å². The number of sulfonamides is 2. The van der Waals surface area contributed by atoms with Crippen molar-refractivity contribution in [3.63, 3.8) is 0 Å². The van der Waals surface area contributed by atoms with E-state index in [4.69, 9.17) is 10.00 Å². The van der Waals surface area contributed by atoms with Crippen LogP contribution in [0.1, 0.15) is 37.3 Å². The van der Waals surface area contributed by atoms with Crippen LogP contribution in [0.4, 0.5) is 0 Å². The molecule has 33 heavy (non-hydrogen) atoms. The third-order valence-corrected chi connectivity index (χ3v) is 7.63. The van der Waals surface area contributed by atoms with Gasteiger partial charge in [0.2, 0.25) is 20.0 Å². The number of aryl methyl sites for hydroxylation is 1. The van der Waals surface area contributed by atoms with E-state index in [2.05, 4.69) is 9.44 Å². The molecule has 0 aliphatic heterocycles. The van der Waals surface area contributed by atoms with Gasteiger partial charge in [0.25, 0.3) is 0 Å². The van der Waals surface area contributed by atoms with Crippen molar-refractivity contribution in [1.82, 2.24) is 9.44 Å². The molecule has 0 aliphatic carbocycles. The molecule has 1 atom stereocenters. The lowest BCUT2D eigenvalue weighted by Gasteiger charge is -2.17. The number of ether oxygens (including phenoxy) is 1. The summed E-state index contributed by atoms with van der Waals surface area (Å²) in [7, 11) is -7.73. The second-order valence-corrected chi connectivity index (χ2v) is 10.8. The van der Waals surface area contributed by atoms with Crippen LogP contribution in [0.3, 0.4) is 0 Å². The molecule has 0 saturated heterocycles. The van der Waals surface area contributed by atoms with Crippen LogP contribution >= 0.6 is 0 Å². The van der Waals surface area contributed by atoms with E-state index >= 15 is 0 Å². The van der Waals surface area contributed by atoms with Crippen molar-refractivity contribution in [2.75, 3.05) is 13.2 Å². The standard InChI is InChI=1S/C22H27N3O6S2/c1-3-31-22(26)21(25-33(29,30)20-8-6-7-18(15-20)16-23)9-4-5-14-24-32(27,28)19-12-10-17(2)11-13-19/h6-8,10-13,15,21,24-25H,3-5,9,14H2,1-2H3. The van der Waals surface area contributed by atoms with Crippen molar-refractivity contribution >= 4 is 26.0 Å². The molecule has 0 bridgehead atoms. The number of esters is 1. The van der Waals surface area contributed by atoms with Gasteiger partial charge in [-0.05, 0) is 63.4 Å². The van der Waals surface area contributed by atoms with Gasteiger partial charge in [-0.25, -0.2) is 21.6 Å². The molecular weight excluding hydrogens is 466 g/mol. The van der Waals surface area contributed by atoms with E-state index in [-0.39, 0.29) is 34.9 Å². The lowest BCUT2D eigenvalue weighted by atomic mass is 10.1. The van der Waals surface area contributed by atoms with E-state index in [0.29, 0.717) is 12.8 Å². The second-order valence-electron chi connectivity index (χ2n) is 7.27. The minimum atomic E-state index is -4.07. The molecule has 0 saturated carbocycles. The van der Waals surface area contributed by atoms with Crippen LogP contribution in [0, 0.1) is 18.3 Å². The smallest absolute Gasteiger partial charge is 0.324 e. The van der Waals surface area contributed by atoms with Gasteiger partial charge in [0.1, 0.15) is 6.04 Å². The normalized spacial score (nSPS) is 12.6. The summed E-state index contributed by atoms with van der Waals surface area (Å²) < 4.78 is 59.9. The van der Waals surface area contributed by atoms with Gasteiger partial charge in [0.15, 0.2) is 0 Å². The summed E-state index contributed by atoms with van der Waals surface area (Å²) in [5, 5.41) is 8.99. The van der Waals surface area contributed by atoms with Crippen LogP contribution in [-0.2, 0) is 29.6 Å². The van der Waals surface area contributed by atoms with E-state index in [0.717, 1.165) is 5.56 Å². The number of hydrogen-bond donors (Lipinski definition) is 2. The van der Waals surface area contributed by atoms with Gasteiger partial charge in [-0.1, -0.05) is 23.8 Å². The molecular formula is C22H27N3O6S2. The average molecular weight is 494 g/mol. The summed E-state index contributed by atoms with van der Waals surface area (Å²) in [5.74, 6) is -0.724. The Morgan fingerprint density at radius 1 is 1.03 bits per heavy atom. The zero-order chi connectivity index (χ0) is 24.5. The number of nitrogens with one attached hydrogen (secondary N) is 2. The number of nitriles is 1. The quantitative estimate of drug-likeness (QED) is 0.341. The van der Waals surface area contributed by atoms with Gasteiger partial charge in [-0.15, -0.1) is 0 Å². The Balaban J connectivity index is 1.97. The Morgan fingerprint density at radius 3 is 2.36 bits per heavy atom. The molecule has 1 unspecified atom stereocenters. The van der Waals surface area contributed by atoms with Gasteiger partial charge < -0.3 is 4.74 Å². The van der Waals surface area contributed by atoms with Crippen molar-refractivity contribution in [3.05, 3.63) is 59.7 Å². The van der Waals surface area contributed by atoms with Gasteiger partial charge >= 0.3 is 5.97 Å². The third-order valence-electron chi connectivity index (χ3n) is 4.68. The SMILES string of the molecule is CCOC(=O)C(CCCCNS(=O)(=O)c1ccc(C)cc1)NS(=O)(=O)c1cccc(C#N)c1. The van der Waals surface area contributed by atoms with Crippen LogP contribution in [0.5, 0.6) is 0 Å². The van der Waals surface area contributed by atoms with Crippen molar-refractivity contribution < 1.29 is 26.4 Å². The summed E-state index contributed by atoms with van der Waals surface area (Å²) >= 11 is 0. The van der Waals surface area contributed by atoms with Gasteiger partial charge in [-0.2, -0.15) is 9.98 Å². The number of benzene rings is 2. The molecule has 0 aromatic heterocycles. The third kappa shape index (κ3) is 7.94. The zero-order valence-electron chi connectivity index (χ0n) is 18.4. The van der Waals surface area contributed by atoms with Crippen LogP contribution < -0.4 is 9.44 Å². The molecule has 0 aliphatic rings. The first kappa shape index (κ1) is 26.5. The van der Waals surface area contributed by atoms with E-state index in [1.807, 2.05) is 13.0 Å². The van der Waals surface area contributed by atoms with Gasteiger partial charge in [0.05, 0.1) is 28.0 Å². The summed E-state index contributed by atoms with van der Waals surface area (Å²) in [4.78, 5) is 12.3. The van der Waals surface area contributed by atoms with Crippen molar-refractivity contribution in [1.29, 1.82) is 5.26 Å². The highest BCUT2D eigenvalue weighted by Gasteiger charge is 2.26. The maximum Gasteiger partial charge on any atom is 0.324 e. The predicted octanol–water partition coefficient (Wildman–Crippen LogP) is 2.23. The first-order valence-electron chi connectivity index (χ1n) is 10.3. The fourth-order valence-electron chi connectivity index (χ4n) is 2.94. The highest BCUT2D eigenvalue weighted by Crippen LogP contribution is 2.14. The van der Waals surface area contributed by atoms with Crippen molar-refractivity contribution in [3.8, 4) is 6.07 Å². The fourth-order valence-corrected chi connectivity index (χ4v) is 5.28. The minimum Gasteiger partial charge on any atom is -0.465 e. The summed E-state index contributed by atoms with van der Waals surface area (Å²) in [6.07, 6.45) is 0.857. The number of carbonyl (C=O) groups excluding carboxylic acids is 1. The van der Waals surface area contributed by atoms with E-state index < -0.39 is 32.1 Å². The van der Waals surface area contributed by atoms with E-state index in [9.17, 15) is 21.6 Å².